The normalized spacial score (nSPS) is 10.3. The van der Waals surface area contributed by atoms with Crippen molar-refractivity contribution in [1.29, 1.82) is 0 Å². The van der Waals surface area contributed by atoms with E-state index in [1.165, 1.54) is 0 Å². The fourth-order valence-electron chi connectivity index (χ4n) is 1.75. The number of thioether (sulfide) groups is 1. The Kier molecular flexibility index (Phi) is 8.11. The molecule has 0 fully saturated rings. The highest BCUT2D eigenvalue weighted by molar-refractivity contribution is 8.01. The molecular weight excluding hydrogens is 340 g/mol. The lowest BCUT2D eigenvalue weighted by Gasteiger charge is -2.05. The third-order valence-corrected chi connectivity index (χ3v) is 5.20. The van der Waals surface area contributed by atoms with Crippen LogP contribution in [0.2, 0.25) is 0 Å². The van der Waals surface area contributed by atoms with Crippen LogP contribution in [-0.4, -0.2) is 43.5 Å². The molecule has 8 heteroatoms. The predicted molar refractivity (Wildman–Crippen MR) is 88.3 cm³/mol. The van der Waals surface area contributed by atoms with Crippen LogP contribution in [0.3, 0.4) is 0 Å². The summed E-state index contributed by atoms with van der Waals surface area (Å²) >= 11 is 2.28. The molecule has 0 saturated carbocycles. The number of ether oxygens (including phenoxy) is 3. The first-order valence-corrected chi connectivity index (χ1v) is 9.02. The lowest BCUT2D eigenvalue weighted by atomic mass is 10.2. The van der Waals surface area contributed by atoms with E-state index in [-0.39, 0.29) is 24.9 Å². The molecular formula is C15H20O6S2. The first-order valence-electron chi connectivity index (χ1n) is 7.22. The van der Waals surface area contributed by atoms with Crippen molar-refractivity contribution in [3.8, 4) is 0 Å². The zero-order valence-electron chi connectivity index (χ0n) is 13.6. The first-order chi connectivity index (χ1) is 11.0. The Bertz CT molecular complexity index is 579. The topological polar surface area (TPSA) is 78.9 Å². The van der Waals surface area contributed by atoms with Crippen molar-refractivity contribution in [2.45, 2.75) is 31.9 Å². The minimum absolute atomic E-state index is 0.0580. The van der Waals surface area contributed by atoms with Gasteiger partial charge in [0.05, 0.1) is 35.3 Å². The van der Waals surface area contributed by atoms with Crippen molar-refractivity contribution in [2.24, 2.45) is 0 Å². The number of hydrogen-bond donors (Lipinski definition) is 0. The molecule has 0 aliphatic heterocycles. The van der Waals surface area contributed by atoms with Crippen LogP contribution in [0.4, 0.5) is 0 Å². The number of rotatable bonds is 8. The van der Waals surface area contributed by atoms with Gasteiger partial charge in [-0.1, -0.05) is 0 Å². The van der Waals surface area contributed by atoms with E-state index in [1.807, 2.05) is 0 Å². The molecule has 1 aromatic heterocycles. The third-order valence-electron chi connectivity index (χ3n) is 2.68. The van der Waals surface area contributed by atoms with Crippen LogP contribution in [0.15, 0.2) is 4.21 Å². The first kappa shape index (κ1) is 19.5. The van der Waals surface area contributed by atoms with Crippen molar-refractivity contribution < 1.29 is 28.6 Å². The van der Waals surface area contributed by atoms with Crippen LogP contribution >= 0.6 is 23.1 Å². The Morgan fingerprint density at radius 1 is 0.957 bits per heavy atom. The fourth-order valence-corrected chi connectivity index (χ4v) is 4.04. The van der Waals surface area contributed by atoms with Gasteiger partial charge in [-0.25, -0.2) is 9.59 Å². The third kappa shape index (κ3) is 5.24. The molecule has 0 aliphatic rings. The molecule has 0 aliphatic carbocycles. The van der Waals surface area contributed by atoms with Gasteiger partial charge >= 0.3 is 17.9 Å². The van der Waals surface area contributed by atoms with E-state index in [1.54, 1.807) is 27.7 Å². The SMILES string of the molecule is CCOC(=O)CSc1sc(C(=O)OCC)c(C)c1C(=O)OCC. The number of carbonyl (C=O) groups excluding carboxylic acids is 3. The van der Waals surface area contributed by atoms with E-state index in [0.29, 0.717) is 26.8 Å². The molecule has 0 aromatic carbocycles. The molecule has 6 nitrogen and oxygen atoms in total. The largest absolute Gasteiger partial charge is 0.465 e. The number of hydrogen-bond acceptors (Lipinski definition) is 8. The quantitative estimate of drug-likeness (QED) is 0.400. The molecule has 0 bridgehead atoms. The van der Waals surface area contributed by atoms with Crippen molar-refractivity contribution in [3.63, 3.8) is 0 Å². The Morgan fingerprint density at radius 2 is 1.52 bits per heavy atom. The summed E-state index contributed by atoms with van der Waals surface area (Å²) in [5, 5.41) is 0. The van der Waals surface area contributed by atoms with E-state index in [4.69, 9.17) is 14.2 Å². The van der Waals surface area contributed by atoms with E-state index < -0.39 is 11.9 Å². The molecule has 128 valence electrons. The van der Waals surface area contributed by atoms with Gasteiger partial charge in [0.1, 0.15) is 4.88 Å². The van der Waals surface area contributed by atoms with Crippen LogP contribution in [0.5, 0.6) is 0 Å². The summed E-state index contributed by atoms with van der Waals surface area (Å²) in [5.41, 5.74) is 0.826. The fraction of sp³-hybridized carbons (Fsp3) is 0.533. The summed E-state index contributed by atoms with van der Waals surface area (Å²) in [6.07, 6.45) is 0. The summed E-state index contributed by atoms with van der Waals surface area (Å²) < 4.78 is 15.5. The summed E-state index contributed by atoms with van der Waals surface area (Å²) in [7, 11) is 0. The molecule has 0 saturated heterocycles. The van der Waals surface area contributed by atoms with E-state index in [0.717, 1.165) is 23.1 Å². The standard InChI is InChI=1S/C15H20O6S2/c1-5-19-10(16)8-22-15-11(13(17)20-6-2)9(4)12(23-15)14(18)21-7-3/h5-8H2,1-4H3. The van der Waals surface area contributed by atoms with Gasteiger partial charge in [-0.2, -0.15) is 0 Å². The zero-order valence-corrected chi connectivity index (χ0v) is 15.2. The summed E-state index contributed by atoms with van der Waals surface area (Å²) in [6.45, 7) is 7.58. The lowest BCUT2D eigenvalue weighted by molar-refractivity contribution is -0.139. The van der Waals surface area contributed by atoms with Gasteiger partial charge in [-0.15, -0.1) is 23.1 Å². The zero-order chi connectivity index (χ0) is 17.4. The van der Waals surface area contributed by atoms with Gasteiger partial charge in [-0.05, 0) is 33.3 Å². The number of esters is 3. The smallest absolute Gasteiger partial charge is 0.348 e. The maximum atomic E-state index is 12.2. The molecule has 0 atom stereocenters. The maximum Gasteiger partial charge on any atom is 0.348 e. The second kappa shape index (κ2) is 9.57. The van der Waals surface area contributed by atoms with Gasteiger partial charge in [0.15, 0.2) is 0 Å². The molecule has 1 rings (SSSR count). The molecule has 1 aromatic rings. The van der Waals surface area contributed by atoms with Crippen LogP contribution in [0.25, 0.3) is 0 Å². The van der Waals surface area contributed by atoms with Crippen LogP contribution in [0.1, 0.15) is 46.4 Å². The number of carbonyl (C=O) groups is 3. The van der Waals surface area contributed by atoms with E-state index in [2.05, 4.69) is 0 Å². The van der Waals surface area contributed by atoms with Crippen molar-refractivity contribution in [2.75, 3.05) is 25.6 Å². The average molecular weight is 360 g/mol. The van der Waals surface area contributed by atoms with Gasteiger partial charge in [0.2, 0.25) is 0 Å². The lowest BCUT2D eigenvalue weighted by Crippen LogP contribution is -2.09. The van der Waals surface area contributed by atoms with Crippen LogP contribution in [0, 0.1) is 6.92 Å². The molecule has 0 unspecified atom stereocenters. The van der Waals surface area contributed by atoms with Gasteiger partial charge in [-0.3, -0.25) is 4.79 Å². The van der Waals surface area contributed by atoms with Crippen molar-refractivity contribution in [1.82, 2.24) is 0 Å². The highest BCUT2D eigenvalue weighted by Gasteiger charge is 2.26. The maximum absolute atomic E-state index is 12.2. The van der Waals surface area contributed by atoms with Gasteiger partial charge in [0.25, 0.3) is 0 Å². The average Bonchev–Trinajstić information content (AvgIpc) is 2.83. The summed E-state index contributed by atoms with van der Waals surface area (Å²) in [5.74, 6) is -1.31. The highest BCUT2D eigenvalue weighted by atomic mass is 32.2. The van der Waals surface area contributed by atoms with E-state index >= 15 is 0 Å². The minimum atomic E-state index is -0.511. The van der Waals surface area contributed by atoms with Crippen molar-refractivity contribution in [3.05, 3.63) is 16.0 Å². The Morgan fingerprint density at radius 3 is 2.09 bits per heavy atom. The monoisotopic (exact) mass is 360 g/mol. The number of thiophene rings is 1. The summed E-state index contributed by atoms with van der Waals surface area (Å²) in [4.78, 5) is 36.0. The molecule has 0 radical (unpaired) electrons. The Labute approximate surface area is 143 Å². The van der Waals surface area contributed by atoms with Gasteiger partial charge < -0.3 is 14.2 Å². The Balaban J connectivity index is 3.09. The Hall–Kier alpha value is -1.54. The molecule has 0 amide bonds. The highest BCUT2D eigenvalue weighted by Crippen LogP contribution is 2.37. The second-order valence-electron chi connectivity index (χ2n) is 4.25. The van der Waals surface area contributed by atoms with Crippen LogP contribution < -0.4 is 0 Å². The van der Waals surface area contributed by atoms with Crippen molar-refractivity contribution >= 4 is 41.0 Å². The molecule has 0 N–H and O–H groups in total. The molecule has 1 heterocycles. The van der Waals surface area contributed by atoms with Gasteiger partial charge in [0, 0.05) is 0 Å². The second-order valence-corrected chi connectivity index (χ2v) is 6.52. The molecule has 0 spiro atoms. The summed E-state index contributed by atoms with van der Waals surface area (Å²) in [6, 6.07) is 0. The molecule has 23 heavy (non-hydrogen) atoms. The van der Waals surface area contributed by atoms with Crippen LogP contribution in [-0.2, 0) is 19.0 Å². The predicted octanol–water partition coefficient (Wildman–Crippen LogP) is 3.07. The van der Waals surface area contributed by atoms with E-state index in [9.17, 15) is 14.4 Å². The minimum Gasteiger partial charge on any atom is -0.465 e.